The maximum Gasteiger partial charge on any atom is 0.149 e. The summed E-state index contributed by atoms with van der Waals surface area (Å²) in [5.74, 6) is 1.72. The number of pyridine rings is 1. The van der Waals surface area contributed by atoms with Crippen LogP contribution in [0.2, 0.25) is 0 Å². The third-order valence-corrected chi connectivity index (χ3v) is 3.42. The van der Waals surface area contributed by atoms with Crippen LogP contribution >= 0.6 is 0 Å². The normalized spacial score (nSPS) is 16.8. The number of ether oxygens (including phenoxy) is 1. The van der Waals surface area contributed by atoms with Crippen LogP contribution in [0.1, 0.15) is 11.1 Å². The molecule has 1 aliphatic rings. The summed E-state index contributed by atoms with van der Waals surface area (Å²) in [7, 11) is 0. The molecule has 0 aliphatic carbocycles. The summed E-state index contributed by atoms with van der Waals surface area (Å²) in [6.45, 7) is 2.68. The number of aromatic nitrogens is 1. The number of benzene rings is 1. The molecule has 2 aromatic rings. The number of hydrogen-bond donors (Lipinski definition) is 2. The quantitative estimate of drug-likeness (QED) is 0.884. The van der Waals surface area contributed by atoms with Crippen molar-refractivity contribution < 1.29 is 4.74 Å². The predicted octanol–water partition coefficient (Wildman–Crippen LogP) is 2.39. The first-order chi connectivity index (χ1) is 9.24. The molecule has 4 nitrogen and oxygen atoms in total. The van der Waals surface area contributed by atoms with Gasteiger partial charge in [-0.05, 0) is 30.2 Å². The molecule has 0 amide bonds. The van der Waals surface area contributed by atoms with Gasteiger partial charge in [-0.2, -0.15) is 0 Å². The minimum atomic E-state index is 0.138. The number of nitrogens with zero attached hydrogens (tertiary/aromatic N) is 1. The molecule has 1 aromatic heterocycles. The molecule has 0 saturated heterocycles. The molecule has 2 heterocycles. The largest absolute Gasteiger partial charge is 0.488 e. The Hall–Kier alpha value is -2.23. The minimum absolute atomic E-state index is 0.138. The molecular formula is C15H17N3O. The van der Waals surface area contributed by atoms with E-state index >= 15 is 0 Å². The zero-order valence-corrected chi connectivity index (χ0v) is 10.9. The first-order valence-corrected chi connectivity index (χ1v) is 6.43. The molecular weight excluding hydrogens is 238 g/mol. The molecule has 3 rings (SSSR count). The van der Waals surface area contributed by atoms with Crippen molar-refractivity contribution in [3.63, 3.8) is 0 Å². The van der Waals surface area contributed by atoms with Crippen LogP contribution in [0.15, 0.2) is 36.5 Å². The average molecular weight is 255 g/mol. The highest BCUT2D eigenvalue weighted by Gasteiger charge is 2.22. The van der Waals surface area contributed by atoms with Crippen LogP contribution in [0.4, 0.5) is 11.5 Å². The number of anilines is 2. The van der Waals surface area contributed by atoms with Crippen LogP contribution < -0.4 is 15.8 Å². The Kier molecular flexibility index (Phi) is 2.99. The Morgan fingerprint density at radius 3 is 3.05 bits per heavy atom. The molecule has 1 aliphatic heterocycles. The van der Waals surface area contributed by atoms with Gasteiger partial charge in [-0.25, -0.2) is 4.98 Å². The van der Waals surface area contributed by atoms with E-state index in [0.29, 0.717) is 12.2 Å². The highest BCUT2D eigenvalue weighted by atomic mass is 16.5. The number of nitrogens with two attached hydrogens (primary N) is 1. The Labute approximate surface area is 112 Å². The molecule has 0 bridgehead atoms. The second kappa shape index (κ2) is 4.80. The maximum atomic E-state index is 5.99. The molecule has 1 unspecified atom stereocenters. The third kappa shape index (κ3) is 2.34. The van der Waals surface area contributed by atoms with E-state index in [2.05, 4.69) is 16.4 Å². The second-order valence-corrected chi connectivity index (χ2v) is 4.82. The van der Waals surface area contributed by atoms with E-state index < -0.39 is 0 Å². The SMILES string of the molecule is Cc1ccnc(NCC2Cc3ccccc3O2)c1N. The van der Waals surface area contributed by atoms with E-state index in [1.165, 1.54) is 5.56 Å². The Bertz CT molecular complexity index is 573. The zero-order chi connectivity index (χ0) is 13.2. The first-order valence-electron chi connectivity index (χ1n) is 6.43. The van der Waals surface area contributed by atoms with E-state index in [0.717, 1.165) is 23.6 Å². The van der Waals surface area contributed by atoms with E-state index in [9.17, 15) is 0 Å². The van der Waals surface area contributed by atoms with Crippen molar-refractivity contribution in [2.45, 2.75) is 19.4 Å². The van der Waals surface area contributed by atoms with Crippen LogP contribution in [0.5, 0.6) is 5.75 Å². The smallest absolute Gasteiger partial charge is 0.149 e. The number of rotatable bonds is 3. The second-order valence-electron chi connectivity index (χ2n) is 4.82. The van der Waals surface area contributed by atoms with Gasteiger partial charge in [-0.15, -0.1) is 0 Å². The summed E-state index contributed by atoms with van der Waals surface area (Å²) in [5, 5.41) is 3.27. The van der Waals surface area contributed by atoms with Crippen LogP contribution in [-0.4, -0.2) is 17.6 Å². The zero-order valence-electron chi connectivity index (χ0n) is 10.9. The Balaban J connectivity index is 1.64. The van der Waals surface area contributed by atoms with E-state index in [4.69, 9.17) is 10.5 Å². The third-order valence-electron chi connectivity index (χ3n) is 3.42. The highest BCUT2D eigenvalue weighted by molar-refractivity contribution is 5.64. The molecule has 0 spiro atoms. The monoisotopic (exact) mass is 255 g/mol. The van der Waals surface area contributed by atoms with Crippen LogP contribution in [0.3, 0.4) is 0 Å². The van der Waals surface area contributed by atoms with Gasteiger partial charge >= 0.3 is 0 Å². The van der Waals surface area contributed by atoms with Crippen LogP contribution in [0, 0.1) is 6.92 Å². The van der Waals surface area contributed by atoms with Gasteiger partial charge in [0.25, 0.3) is 0 Å². The summed E-state index contributed by atoms with van der Waals surface area (Å²) in [6.07, 6.45) is 2.83. The predicted molar refractivity (Wildman–Crippen MR) is 76.4 cm³/mol. The lowest BCUT2D eigenvalue weighted by molar-refractivity contribution is 0.246. The molecule has 1 atom stereocenters. The Morgan fingerprint density at radius 2 is 2.21 bits per heavy atom. The van der Waals surface area contributed by atoms with Gasteiger partial charge in [-0.1, -0.05) is 18.2 Å². The van der Waals surface area contributed by atoms with Gasteiger partial charge in [0.05, 0.1) is 12.2 Å². The Morgan fingerprint density at radius 1 is 1.37 bits per heavy atom. The summed E-state index contributed by atoms with van der Waals surface area (Å²) < 4.78 is 5.87. The molecule has 4 heteroatoms. The summed E-state index contributed by atoms with van der Waals surface area (Å²) >= 11 is 0. The van der Waals surface area contributed by atoms with E-state index in [1.54, 1.807) is 6.20 Å². The van der Waals surface area contributed by atoms with Gasteiger partial charge in [0, 0.05) is 12.6 Å². The van der Waals surface area contributed by atoms with Crippen molar-refractivity contribution >= 4 is 11.5 Å². The fourth-order valence-corrected chi connectivity index (χ4v) is 2.29. The van der Waals surface area contributed by atoms with Crippen LogP contribution in [-0.2, 0) is 6.42 Å². The summed E-state index contributed by atoms with van der Waals surface area (Å²) in [4.78, 5) is 4.26. The van der Waals surface area contributed by atoms with Crippen molar-refractivity contribution in [3.8, 4) is 5.75 Å². The fourth-order valence-electron chi connectivity index (χ4n) is 2.29. The van der Waals surface area contributed by atoms with Crippen molar-refractivity contribution in [3.05, 3.63) is 47.7 Å². The first kappa shape index (κ1) is 11.8. The van der Waals surface area contributed by atoms with Crippen molar-refractivity contribution in [1.82, 2.24) is 4.98 Å². The van der Waals surface area contributed by atoms with Crippen molar-refractivity contribution in [2.75, 3.05) is 17.6 Å². The number of para-hydroxylation sites is 1. The molecule has 19 heavy (non-hydrogen) atoms. The molecule has 3 N–H and O–H groups in total. The lowest BCUT2D eigenvalue weighted by Gasteiger charge is -2.14. The van der Waals surface area contributed by atoms with E-state index in [-0.39, 0.29) is 6.10 Å². The highest BCUT2D eigenvalue weighted by Crippen LogP contribution is 2.28. The summed E-state index contributed by atoms with van der Waals surface area (Å²) in [6, 6.07) is 10.1. The molecule has 1 aromatic carbocycles. The molecule has 0 saturated carbocycles. The lowest BCUT2D eigenvalue weighted by Crippen LogP contribution is -2.24. The molecule has 0 radical (unpaired) electrons. The number of nitrogen functional groups attached to an aromatic ring is 1. The van der Waals surface area contributed by atoms with Crippen molar-refractivity contribution in [2.24, 2.45) is 0 Å². The van der Waals surface area contributed by atoms with Gasteiger partial charge in [0.1, 0.15) is 17.7 Å². The fraction of sp³-hybridized carbons (Fsp3) is 0.267. The standard InChI is InChI=1S/C15H17N3O/c1-10-6-7-17-15(14(10)16)18-9-12-8-11-4-2-3-5-13(11)19-12/h2-7,12H,8-9,16H2,1H3,(H,17,18). The van der Waals surface area contributed by atoms with E-state index in [1.807, 2.05) is 31.2 Å². The minimum Gasteiger partial charge on any atom is -0.488 e. The topological polar surface area (TPSA) is 60.2 Å². The summed E-state index contributed by atoms with van der Waals surface area (Å²) in [5.41, 5.74) is 8.99. The van der Waals surface area contributed by atoms with Crippen LogP contribution in [0.25, 0.3) is 0 Å². The average Bonchev–Trinajstić information content (AvgIpc) is 2.83. The van der Waals surface area contributed by atoms with Gasteiger partial charge in [0.2, 0.25) is 0 Å². The molecule has 0 fully saturated rings. The maximum absolute atomic E-state index is 5.99. The lowest BCUT2D eigenvalue weighted by atomic mass is 10.1. The number of nitrogens with one attached hydrogen (secondary N) is 1. The van der Waals surface area contributed by atoms with Crippen molar-refractivity contribution in [1.29, 1.82) is 0 Å². The number of hydrogen-bond acceptors (Lipinski definition) is 4. The van der Waals surface area contributed by atoms with Gasteiger partial charge in [0.15, 0.2) is 0 Å². The van der Waals surface area contributed by atoms with Gasteiger partial charge < -0.3 is 15.8 Å². The molecule has 98 valence electrons. The number of aryl methyl sites for hydroxylation is 1. The number of fused-ring (bicyclic) bond motifs is 1. The van der Waals surface area contributed by atoms with Gasteiger partial charge in [-0.3, -0.25) is 0 Å².